The van der Waals surface area contributed by atoms with E-state index in [0.717, 1.165) is 3.57 Å². The molecule has 0 heterocycles. The van der Waals surface area contributed by atoms with Crippen LogP contribution in [0.4, 0.5) is 10.5 Å². The molecule has 2 N–H and O–H groups in total. The highest BCUT2D eigenvalue weighted by molar-refractivity contribution is 14.1. The van der Waals surface area contributed by atoms with Gasteiger partial charge >= 0.3 is 12.0 Å². The lowest BCUT2D eigenvalue weighted by Gasteiger charge is -2.07. The number of carbonyl (C=O) groups excluding carboxylic acids is 2. The summed E-state index contributed by atoms with van der Waals surface area (Å²) in [6, 6.07) is 6.91. The summed E-state index contributed by atoms with van der Waals surface area (Å²) < 4.78 is 5.32. The summed E-state index contributed by atoms with van der Waals surface area (Å²) in [6.07, 6.45) is 0. The molecule has 0 radical (unpaired) electrons. The Morgan fingerprint density at radius 3 is 2.69 bits per heavy atom. The number of benzene rings is 1. The van der Waals surface area contributed by atoms with Crippen molar-refractivity contribution in [3.8, 4) is 0 Å². The zero-order chi connectivity index (χ0) is 12.0. The number of anilines is 1. The predicted octanol–water partition coefficient (Wildman–Crippen LogP) is 1.59. The molecule has 86 valence electrons. The van der Waals surface area contributed by atoms with E-state index in [1.165, 1.54) is 7.11 Å². The second kappa shape index (κ2) is 6.31. The van der Waals surface area contributed by atoms with Crippen molar-refractivity contribution in [2.24, 2.45) is 0 Å². The average Bonchev–Trinajstić information content (AvgIpc) is 2.29. The third-order valence-electron chi connectivity index (χ3n) is 1.74. The van der Waals surface area contributed by atoms with E-state index < -0.39 is 12.0 Å². The summed E-state index contributed by atoms with van der Waals surface area (Å²) in [7, 11) is 1.27. The Bertz CT molecular complexity index is 395. The Morgan fingerprint density at radius 1 is 1.38 bits per heavy atom. The number of nitrogens with one attached hydrogen (secondary N) is 2. The summed E-state index contributed by atoms with van der Waals surface area (Å²) in [4.78, 5) is 22.1. The van der Waals surface area contributed by atoms with Crippen molar-refractivity contribution in [2.45, 2.75) is 0 Å². The molecule has 2 amide bonds. The smallest absolute Gasteiger partial charge is 0.325 e. The fourth-order valence-electron chi connectivity index (χ4n) is 0.954. The number of methoxy groups -OCH3 is 1. The lowest BCUT2D eigenvalue weighted by atomic mass is 10.3. The van der Waals surface area contributed by atoms with Crippen LogP contribution in [0.1, 0.15) is 0 Å². The topological polar surface area (TPSA) is 67.4 Å². The highest BCUT2D eigenvalue weighted by Crippen LogP contribution is 2.16. The largest absolute Gasteiger partial charge is 0.468 e. The Labute approximate surface area is 107 Å². The zero-order valence-corrected chi connectivity index (χ0v) is 10.8. The molecule has 0 unspecified atom stereocenters. The van der Waals surface area contributed by atoms with Crippen molar-refractivity contribution in [3.05, 3.63) is 27.8 Å². The van der Waals surface area contributed by atoms with Gasteiger partial charge < -0.3 is 15.4 Å². The van der Waals surface area contributed by atoms with Gasteiger partial charge in [0.25, 0.3) is 0 Å². The maximum atomic E-state index is 11.4. The molecule has 0 atom stereocenters. The third-order valence-corrected chi connectivity index (χ3v) is 2.68. The minimum Gasteiger partial charge on any atom is -0.468 e. The highest BCUT2D eigenvalue weighted by atomic mass is 127. The van der Waals surface area contributed by atoms with E-state index in [1.807, 2.05) is 18.2 Å². The summed E-state index contributed by atoms with van der Waals surface area (Å²) in [5, 5.41) is 5.01. The van der Waals surface area contributed by atoms with E-state index in [2.05, 4.69) is 38.0 Å². The van der Waals surface area contributed by atoms with Crippen molar-refractivity contribution in [2.75, 3.05) is 19.0 Å². The minimum atomic E-state index is -0.488. The number of ether oxygens (including phenoxy) is 1. The molecule has 1 rings (SSSR count). The molecule has 6 heteroatoms. The SMILES string of the molecule is COC(=O)CNC(=O)Nc1ccccc1I. The number of amides is 2. The number of para-hydroxylation sites is 1. The quantitative estimate of drug-likeness (QED) is 0.652. The van der Waals surface area contributed by atoms with E-state index in [1.54, 1.807) is 6.07 Å². The highest BCUT2D eigenvalue weighted by Gasteiger charge is 2.06. The van der Waals surface area contributed by atoms with Gasteiger partial charge in [0.2, 0.25) is 0 Å². The number of urea groups is 1. The lowest BCUT2D eigenvalue weighted by Crippen LogP contribution is -2.33. The van der Waals surface area contributed by atoms with Crippen LogP contribution in [-0.2, 0) is 9.53 Å². The third kappa shape index (κ3) is 4.05. The van der Waals surface area contributed by atoms with E-state index in [9.17, 15) is 9.59 Å². The van der Waals surface area contributed by atoms with Gasteiger partial charge in [0.1, 0.15) is 6.54 Å². The monoisotopic (exact) mass is 334 g/mol. The lowest BCUT2D eigenvalue weighted by molar-refractivity contribution is -0.139. The first-order valence-corrected chi connectivity index (χ1v) is 5.57. The van der Waals surface area contributed by atoms with Crippen LogP contribution in [0.5, 0.6) is 0 Å². The van der Waals surface area contributed by atoms with Crippen molar-refractivity contribution < 1.29 is 14.3 Å². The number of hydrogen-bond acceptors (Lipinski definition) is 3. The zero-order valence-electron chi connectivity index (χ0n) is 8.62. The van der Waals surface area contributed by atoms with Gasteiger partial charge in [-0.2, -0.15) is 0 Å². The Kier molecular flexibility index (Phi) is 5.03. The van der Waals surface area contributed by atoms with Crippen LogP contribution in [0.3, 0.4) is 0 Å². The summed E-state index contributed by atoms with van der Waals surface area (Å²) >= 11 is 2.11. The van der Waals surface area contributed by atoms with Gasteiger partial charge in [-0.3, -0.25) is 4.79 Å². The number of carbonyl (C=O) groups is 2. The molecule has 0 saturated carbocycles. The summed E-state index contributed by atoms with van der Waals surface area (Å²) in [5.74, 6) is -0.488. The van der Waals surface area contributed by atoms with Crippen LogP contribution in [0.15, 0.2) is 24.3 Å². The molecule has 0 aliphatic rings. The van der Waals surface area contributed by atoms with Gasteiger partial charge in [0.15, 0.2) is 0 Å². The Morgan fingerprint density at radius 2 is 2.06 bits per heavy atom. The van der Waals surface area contributed by atoms with E-state index in [-0.39, 0.29) is 6.54 Å². The molecule has 0 fully saturated rings. The van der Waals surface area contributed by atoms with Gasteiger partial charge in [-0.1, -0.05) is 12.1 Å². The molecule has 0 aliphatic carbocycles. The fourth-order valence-corrected chi connectivity index (χ4v) is 1.48. The van der Waals surface area contributed by atoms with E-state index in [0.29, 0.717) is 5.69 Å². The van der Waals surface area contributed by atoms with Gasteiger partial charge in [-0.15, -0.1) is 0 Å². The van der Waals surface area contributed by atoms with E-state index in [4.69, 9.17) is 0 Å². The van der Waals surface area contributed by atoms with Gasteiger partial charge in [0, 0.05) is 3.57 Å². The van der Waals surface area contributed by atoms with Gasteiger partial charge in [-0.05, 0) is 34.7 Å². The number of rotatable bonds is 3. The minimum absolute atomic E-state index is 0.147. The van der Waals surface area contributed by atoms with Crippen molar-refractivity contribution in [1.82, 2.24) is 5.32 Å². The molecular formula is C10H11IN2O3. The first-order chi connectivity index (χ1) is 7.63. The number of esters is 1. The summed E-state index contributed by atoms with van der Waals surface area (Å²) in [5.41, 5.74) is 0.700. The van der Waals surface area contributed by atoms with Crippen LogP contribution in [0, 0.1) is 3.57 Å². The normalized spacial score (nSPS) is 9.38. The first kappa shape index (κ1) is 12.8. The maximum absolute atomic E-state index is 11.4. The predicted molar refractivity (Wildman–Crippen MR) is 68.2 cm³/mol. The second-order valence-electron chi connectivity index (χ2n) is 2.86. The molecule has 0 bridgehead atoms. The fraction of sp³-hybridized carbons (Fsp3) is 0.200. The van der Waals surface area contributed by atoms with Crippen molar-refractivity contribution >= 4 is 40.3 Å². The molecule has 5 nitrogen and oxygen atoms in total. The molecule has 0 aliphatic heterocycles. The Hall–Kier alpha value is -1.31. The van der Waals surface area contributed by atoms with Gasteiger partial charge in [0.05, 0.1) is 12.8 Å². The van der Waals surface area contributed by atoms with Crippen LogP contribution in [-0.4, -0.2) is 25.7 Å². The van der Waals surface area contributed by atoms with Gasteiger partial charge in [-0.25, -0.2) is 4.79 Å². The number of halogens is 1. The molecule has 1 aromatic rings. The first-order valence-electron chi connectivity index (χ1n) is 4.49. The van der Waals surface area contributed by atoms with Crippen LogP contribution in [0.2, 0.25) is 0 Å². The van der Waals surface area contributed by atoms with E-state index >= 15 is 0 Å². The summed E-state index contributed by atoms with van der Waals surface area (Å²) in [6.45, 7) is -0.147. The van der Waals surface area contributed by atoms with Crippen molar-refractivity contribution in [1.29, 1.82) is 0 Å². The molecule has 1 aromatic carbocycles. The standard InChI is InChI=1S/C10H11IN2O3/c1-16-9(14)6-12-10(15)13-8-5-3-2-4-7(8)11/h2-5H,6H2,1H3,(H2,12,13,15). The van der Waals surface area contributed by atoms with Crippen LogP contribution in [0.25, 0.3) is 0 Å². The van der Waals surface area contributed by atoms with Crippen LogP contribution < -0.4 is 10.6 Å². The molecule has 0 spiro atoms. The Balaban J connectivity index is 2.46. The molecular weight excluding hydrogens is 323 g/mol. The molecule has 16 heavy (non-hydrogen) atoms. The second-order valence-corrected chi connectivity index (χ2v) is 4.03. The number of hydrogen-bond donors (Lipinski definition) is 2. The molecule has 0 aromatic heterocycles. The maximum Gasteiger partial charge on any atom is 0.325 e. The van der Waals surface area contributed by atoms with Crippen LogP contribution >= 0.6 is 22.6 Å². The average molecular weight is 334 g/mol. The molecule has 0 saturated heterocycles. The van der Waals surface area contributed by atoms with Crippen molar-refractivity contribution in [3.63, 3.8) is 0 Å².